The van der Waals surface area contributed by atoms with Crippen molar-refractivity contribution in [1.29, 1.82) is 0 Å². The maximum absolute atomic E-state index is 10.6. The van der Waals surface area contributed by atoms with Gasteiger partial charge >= 0.3 is 0 Å². The number of fused-ring (bicyclic) bond motifs is 1. The van der Waals surface area contributed by atoms with Crippen LogP contribution in [0.4, 0.5) is 0 Å². The normalized spacial score (nSPS) is 22.4. The van der Waals surface area contributed by atoms with Crippen LogP contribution in [0.2, 0.25) is 0 Å². The lowest BCUT2D eigenvalue weighted by Gasteiger charge is -2.40. The van der Waals surface area contributed by atoms with Gasteiger partial charge in [-0.2, -0.15) is 0 Å². The minimum atomic E-state index is -0.303. The summed E-state index contributed by atoms with van der Waals surface area (Å²) in [5.41, 5.74) is 1.21. The van der Waals surface area contributed by atoms with Crippen molar-refractivity contribution in [3.05, 3.63) is 36.5 Å². The molecule has 1 atom stereocenters. The Morgan fingerprint density at radius 1 is 0.920 bits per heavy atom. The molecule has 2 saturated heterocycles. The molecule has 0 radical (unpaired) electrons. The summed E-state index contributed by atoms with van der Waals surface area (Å²) in [5.74, 6) is 0. The van der Waals surface area contributed by atoms with Gasteiger partial charge in [0.25, 0.3) is 0 Å². The maximum atomic E-state index is 10.6. The summed E-state index contributed by atoms with van der Waals surface area (Å²) in [6, 6.07) is 11.3. The number of aliphatic hydroxyl groups excluding tert-OH is 1. The molecule has 0 spiro atoms. The average molecular weight is 341 g/mol. The van der Waals surface area contributed by atoms with Crippen LogP contribution < -0.4 is 0 Å². The van der Waals surface area contributed by atoms with Crippen LogP contribution in [0, 0.1) is 0 Å². The van der Waals surface area contributed by atoms with Gasteiger partial charge in [-0.25, -0.2) is 0 Å². The molecular formula is C21H31N3O. The van der Waals surface area contributed by atoms with Gasteiger partial charge in [-0.05, 0) is 69.4 Å². The predicted octanol–water partition coefficient (Wildman–Crippen LogP) is 2.95. The van der Waals surface area contributed by atoms with Crippen molar-refractivity contribution in [2.75, 3.05) is 32.7 Å². The number of aliphatic hydroxyl groups is 1. The zero-order chi connectivity index (χ0) is 17.1. The van der Waals surface area contributed by atoms with Gasteiger partial charge in [0.05, 0.1) is 6.10 Å². The Bertz CT molecular complexity index is 669. The molecule has 1 aromatic heterocycles. The lowest BCUT2D eigenvalue weighted by Crippen LogP contribution is -2.48. The fourth-order valence-electron chi connectivity index (χ4n) is 4.63. The van der Waals surface area contributed by atoms with Crippen molar-refractivity contribution in [1.82, 2.24) is 14.4 Å². The number of para-hydroxylation sites is 1. The van der Waals surface area contributed by atoms with E-state index in [1.54, 1.807) is 0 Å². The SMILES string of the molecule is OC(CN1CCC(N2CCCCC2)CC1)Cn1ccc2ccccc21. The van der Waals surface area contributed by atoms with Crippen LogP contribution >= 0.6 is 0 Å². The number of piperidine rings is 2. The van der Waals surface area contributed by atoms with Gasteiger partial charge in [0.15, 0.2) is 0 Å². The molecule has 4 rings (SSSR count). The molecule has 2 aromatic rings. The molecule has 4 nitrogen and oxygen atoms in total. The fraction of sp³-hybridized carbons (Fsp3) is 0.619. The monoisotopic (exact) mass is 341 g/mol. The van der Waals surface area contributed by atoms with Crippen LogP contribution in [0.3, 0.4) is 0 Å². The highest BCUT2D eigenvalue weighted by Gasteiger charge is 2.26. The number of hydrogen-bond donors (Lipinski definition) is 1. The number of hydrogen-bond acceptors (Lipinski definition) is 3. The second-order valence-electron chi connectivity index (χ2n) is 7.81. The number of β-amino-alcohol motifs (C(OH)–C–C–N with tert-alkyl or cyclic N) is 1. The van der Waals surface area contributed by atoms with Crippen molar-refractivity contribution >= 4 is 10.9 Å². The van der Waals surface area contributed by atoms with E-state index < -0.39 is 0 Å². The minimum absolute atomic E-state index is 0.303. The predicted molar refractivity (Wildman–Crippen MR) is 103 cm³/mol. The van der Waals surface area contributed by atoms with E-state index in [0.29, 0.717) is 6.54 Å². The van der Waals surface area contributed by atoms with Crippen LogP contribution in [-0.4, -0.2) is 64.3 Å². The van der Waals surface area contributed by atoms with E-state index in [9.17, 15) is 5.11 Å². The Kier molecular flexibility index (Phi) is 5.39. The Morgan fingerprint density at radius 2 is 1.68 bits per heavy atom. The van der Waals surface area contributed by atoms with Crippen molar-refractivity contribution in [2.24, 2.45) is 0 Å². The van der Waals surface area contributed by atoms with E-state index in [4.69, 9.17) is 0 Å². The van der Waals surface area contributed by atoms with Gasteiger partial charge in [0.2, 0.25) is 0 Å². The van der Waals surface area contributed by atoms with Gasteiger partial charge in [0, 0.05) is 30.8 Å². The zero-order valence-corrected chi connectivity index (χ0v) is 15.2. The molecule has 1 aromatic carbocycles. The summed E-state index contributed by atoms with van der Waals surface area (Å²) >= 11 is 0. The molecule has 0 amide bonds. The molecule has 3 heterocycles. The first kappa shape index (κ1) is 17.1. The van der Waals surface area contributed by atoms with E-state index in [-0.39, 0.29) is 6.10 Å². The van der Waals surface area contributed by atoms with Crippen molar-refractivity contribution in [2.45, 2.75) is 50.8 Å². The maximum Gasteiger partial charge on any atom is 0.0845 e. The van der Waals surface area contributed by atoms with Crippen LogP contribution in [-0.2, 0) is 6.54 Å². The topological polar surface area (TPSA) is 31.6 Å². The first-order chi connectivity index (χ1) is 12.3. The average Bonchev–Trinajstić information content (AvgIpc) is 3.06. The van der Waals surface area contributed by atoms with E-state index in [2.05, 4.69) is 50.9 Å². The zero-order valence-electron chi connectivity index (χ0n) is 15.2. The highest BCUT2D eigenvalue weighted by Crippen LogP contribution is 2.21. The van der Waals surface area contributed by atoms with Crippen LogP contribution in [0.1, 0.15) is 32.1 Å². The minimum Gasteiger partial charge on any atom is -0.390 e. The first-order valence-electron chi connectivity index (χ1n) is 9.98. The Morgan fingerprint density at radius 3 is 2.48 bits per heavy atom. The third kappa shape index (κ3) is 4.08. The van der Waals surface area contributed by atoms with Gasteiger partial charge in [0.1, 0.15) is 0 Å². The van der Waals surface area contributed by atoms with Gasteiger partial charge in [-0.15, -0.1) is 0 Å². The summed E-state index contributed by atoms with van der Waals surface area (Å²) in [6.07, 6.45) is 8.49. The molecule has 0 saturated carbocycles. The summed E-state index contributed by atoms with van der Waals surface area (Å²) in [4.78, 5) is 5.17. The third-order valence-corrected chi connectivity index (χ3v) is 6.02. The van der Waals surface area contributed by atoms with Crippen molar-refractivity contribution in [3.8, 4) is 0 Å². The Hall–Kier alpha value is -1.36. The molecule has 136 valence electrons. The van der Waals surface area contributed by atoms with Gasteiger partial charge in [-0.3, -0.25) is 0 Å². The van der Waals surface area contributed by atoms with E-state index >= 15 is 0 Å². The molecule has 0 aliphatic carbocycles. The lowest BCUT2D eigenvalue weighted by atomic mass is 9.99. The van der Waals surface area contributed by atoms with Crippen molar-refractivity contribution < 1.29 is 5.11 Å². The molecule has 2 aliphatic heterocycles. The number of benzene rings is 1. The van der Waals surface area contributed by atoms with Crippen LogP contribution in [0.25, 0.3) is 10.9 Å². The summed E-state index contributed by atoms with van der Waals surface area (Å²) in [5, 5.41) is 11.8. The lowest BCUT2D eigenvalue weighted by molar-refractivity contribution is 0.0549. The molecule has 0 bridgehead atoms. The highest BCUT2D eigenvalue weighted by atomic mass is 16.3. The van der Waals surface area contributed by atoms with Crippen LogP contribution in [0.15, 0.2) is 36.5 Å². The largest absolute Gasteiger partial charge is 0.390 e. The van der Waals surface area contributed by atoms with E-state index in [1.165, 1.54) is 56.1 Å². The van der Waals surface area contributed by atoms with Crippen LogP contribution in [0.5, 0.6) is 0 Å². The summed E-state index contributed by atoms with van der Waals surface area (Å²) < 4.78 is 2.18. The molecule has 2 aliphatic rings. The molecule has 1 N–H and O–H groups in total. The third-order valence-electron chi connectivity index (χ3n) is 6.02. The number of likely N-dealkylation sites (tertiary alicyclic amines) is 2. The van der Waals surface area contributed by atoms with E-state index in [0.717, 1.165) is 25.7 Å². The van der Waals surface area contributed by atoms with Gasteiger partial charge in [-0.1, -0.05) is 24.6 Å². The summed E-state index contributed by atoms with van der Waals surface area (Å²) in [6.45, 7) is 6.33. The molecular weight excluding hydrogens is 310 g/mol. The summed E-state index contributed by atoms with van der Waals surface area (Å²) in [7, 11) is 0. The fourth-order valence-corrected chi connectivity index (χ4v) is 4.63. The number of nitrogens with zero attached hydrogens (tertiary/aromatic N) is 3. The molecule has 4 heteroatoms. The molecule has 25 heavy (non-hydrogen) atoms. The second-order valence-corrected chi connectivity index (χ2v) is 7.81. The number of rotatable bonds is 5. The van der Waals surface area contributed by atoms with Gasteiger partial charge < -0.3 is 19.5 Å². The van der Waals surface area contributed by atoms with E-state index in [1.807, 2.05) is 0 Å². The quantitative estimate of drug-likeness (QED) is 0.907. The smallest absolute Gasteiger partial charge is 0.0845 e. The number of aromatic nitrogens is 1. The molecule has 2 fully saturated rings. The Balaban J connectivity index is 1.26. The highest BCUT2D eigenvalue weighted by molar-refractivity contribution is 5.79. The van der Waals surface area contributed by atoms with Crippen molar-refractivity contribution in [3.63, 3.8) is 0 Å². The second kappa shape index (κ2) is 7.90. The Labute approximate surface area is 151 Å². The standard InChI is InChI=1S/C21H31N3O/c25-20(17-24-15-8-18-6-2-3-7-21(18)24)16-22-13-9-19(10-14-22)23-11-4-1-5-12-23/h2-3,6-8,15,19-20,25H,1,4-5,9-14,16-17H2. The molecule has 1 unspecified atom stereocenters. The first-order valence-corrected chi connectivity index (χ1v) is 9.98.